The van der Waals surface area contributed by atoms with Gasteiger partial charge in [-0.25, -0.2) is 0 Å². The molecule has 2 rings (SSSR count). The minimum absolute atomic E-state index is 0.512. The van der Waals surface area contributed by atoms with Gasteiger partial charge in [0.15, 0.2) is 0 Å². The Kier molecular flexibility index (Phi) is 3.55. The van der Waals surface area contributed by atoms with Crippen molar-refractivity contribution in [3.8, 4) is 0 Å². The first-order valence-electron chi connectivity index (χ1n) is 6.61. The highest BCUT2D eigenvalue weighted by Gasteiger charge is 2.39. The summed E-state index contributed by atoms with van der Waals surface area (Å²) in [6.07, 6.45) is 1.84. The molecule has 1 unspecified atom stereocenters. The Bertz CT molecular complexity index is 388. The highest BCUT2D eigenvalue weighted by atomic mass is 16.3. The van der Waals surface area contributed by atoms with Gasteiger partial charge in [0.05, 0.1) is 0 Å². The SMILES string of the molecule is CCc1ccccc1C1(O)CCN(C(C)C)C1. The molecule has 1 fully saturated rings. The molecule has 1 aliphatic heterocycles. The number of hydrogen-bond acceptors (Lipinski definition) is 2. The molecule has 0 aromatic heterocycles. The summed E-state index contributed by atoms with van der Waals surface area (Å²) in [4.78, 5) is 2.35. The summed E-state index contributed by atoms with van der Waals surface area (Å²) in [6, 6.07) is 8.82. The van der Waals surface area contributed by atoms with Gasteiger partial charge in [-0.1, -0.05) is 31.2 Å². The molecule has 0 bridgehead atoms. The van der Waals surface area contributed by atoms with Crippen molar-refractivity contribution < 1.29 is 5.11 Å². The molecule has 0 spiro atoms. The van der Waals surface area contributed by atoms with Gasteiger partial charge < -0.3 is 5.11 Å². The molecule has 0 saturated carbocycles. The Labute approximate surface area is 104 Å². The van der Waals surface area contributed by atoms with Crippen molar-refractivity contribution in [2.24, 2.45) is 0 Å². The molecule has 1 N–H and O–H groups in total. The van der Waals surface area contributed by atoms with Crippen molar-refractivity contribution in [1.29, 1.82) is 0 Å². The molecule has 17 heavy (non-hydrogen) atoms. The summed E-state index contributed by atoms with van der Waals surface area (Å²) in [5.74, 6) is 0. The predicted molar refractivity (Wildman–Crippen MR) is 71.0 cm³/mol. The summed E-state index contributed by atoms with van der Waals surface area (Å²) < 4.78 is 0. The van der Waals surface area contributed by atoms with Gasteiger partial charge in [-0.2, -0.15) is 0 Å². The molecule has 1 aliphatic rings. The third-order valence-corrected chi connectivity index (χ3v) is 3.91. The van der Waals surface area contributed by atoms with Crippen LogP contribution in [-0.4, -0.2) is 29.1 Å². The van der Waals surface area contributed by atoms with Crippen LogP contribution in [0, 0.1) is 0 Å². The largest absolute Gasteiger partial charge is 0.384 e. The van der Waals surface area contributed by atoms with Gasteiger partial charge >= 0.3 is 0 Å². The van der Waals surface area contributed by atoms with E-state index in [1.165, 1.54) is 5.56 Å². The normalized spacial score (nSPS) is 25.7. The Morgan fingerprint density at radius 3 is 2.65 bits per heavy atom. The number of benzene rings is 1. The predicted octanol–water partition coefficient (Wildman–Crippen LogP) is 2.55. The van der Waals surface area contributed by atoms with Gasteiger partial charge in [0.2, 0.25) is 0 Å². The first-order chi connectivity index (χ1) is 8.07. The summed E-state index contributed by atoms with van der Waals surface area (Å²) in [7, 11) is 0. The second-order valence-corrected chi connectivity index (χ2v) is 5.36. The van der Waals surface area contributed by atoms with E-state index in [1.54, 1.807) is 0 Å². The van der Waals surface area contributed by atoms with E-state index in [-0.39, 0.29) is 0 Å². The lowest BCUT2D eigenvalue weighted by Crippen LogP contribution is -2.34. The molecule has 1 atom stereocenters. The molecule has 1 heterocycles. The molecule has 1 saturated heterocycles. The standard InChI is InChI=1S/C15H23NO/c1-4-13-7-5-6-8-14(13)15(17)9-10-16(11-15)12(2)3/h5-8,12,17H,4,9-11H2,1-3H3. The van der Waals surface area contributed by atoms with Gasteiger partial charge in [-0.15, -0.1) is 0 Å². The monoisotopic (exact) mass is 233 g/mol. The van der Waals surface area contributed by atoms with E-state index >= 15 is 0 Å². The number of aryl methyl sites for hydroxylation is 1. The molecule has 1 aromatic carbocycles. The smallest absolute Gasteiger partial charge is 0.104 e. The molecular formula is C15H23NO. The Morgan fingerprint density at radius 2 is 2.06 bits per heavy atom. The van der Waals surface area contributed by atoms with Crippen molar-refractivity contribution in [2.75, 3.05) is 13.1 Å². The molecule has 0 radical (unpaired) electrons. The van der Waals surface area contributed by atoms with Gasteiger partial charge in [-0.05, 0) is 37.8 Å². The van der Waals surface area contributed by atoms with Gasteiger partial charge in [0.25, 0.3) is 0 Å². The minimum atomic E-state index is -0.642. The lowest BCUT2D eigenvalue weighted by Gasteiger charge is -2.27. The minimum Gasteiger partial charge on any atom is -0.384 e. The third-order valence-electron chi connectivity index (χ3n) is 3.91. The molecule has 2 heteroatoms. The van der Waals surface area contributed by atoms with Gasteiger partial charge in [-0.3, -0.25) is 4.90 Å². The number of nitrogens with zero attached hydrogens (tertiary/aromatic N) is 1. The topological polar surface area (TPSA) is 23.5 Å². The zero-order valence-corrected chi connectivity index (χ0v) is 11.1. The lowest BCUT2D eigenvalue weighted by atomic mass is 9.88. The van der Waals surface area contributed by atoms with Crippen LogP contribution in [0.5, 0.6) is 0 Å². The number of rotatable bonds is 3. The van der Waals surface area contributed by atoms with E-state index in [9.17, 15) is 5.11 Å². The average molecular weight is 233 g/mol. The number of likely N-dealkylation sites (tertiary alicyclic amines) is 1. The van der Waals surface area contributed by atoms with E-state index in [4.69, 9.17) is 0 Å². The Morgan fingerprint density at radius 1 is 1.35 bits per heavy atom. The maximum atomic E-state index is 10.9. The van der Waals surface area contributed by atoms with E-state index in [2.05, 4.69) is 43.9 Å². The second kappa shape index (κ2) is 4.79. The fourth-order valence-electron chi connectivity index (χ4n) is 2.77. The quantitative estimate of drug-likeness (QED) is 0.867. The van der Waals surface area contributed by atoms with Crippen molar-refractivity contribution in [1.82, 2.24) is 4.90 Å². The number of β-amino-alcohol motifs (C(OH)–C–C–N with tert-alkyl or cyclic N) is 1. The number of aliphatic hydroxyl groups is 1. The summed E-state index contributed by atoms with van der Waals surface area (Å²) in [6.45, 7) is 8.29. The van der Waals surface area contributed by atoms with E-state index in [1.807, 2.05) is 6.07 Å². The Hall–Kier alpha value is -0.860. The van der Waals surface area contributed by atoms with Crippen LogP contribution in [0.1, 0.15) is 38.3 Å². The summed E-state index contributed by atoms with van der Waals surface area (Å²) in [5, 5.41) is 10.9. The highest BCUT2D eigenvalue weighted by molar-refractivity contribution is 5.33. The number of hydrogen-bond donors (Lipinski definition) is 1. The van der Waals surface area contributed by atoms with Crippen molar-refractivity contribution >= 4 is 0 Å². The summed E-state index contributed by atoms with van der Waals surface area (Å²) in [5.41, 5.74) is 1.77. The van der Waals surface area contributed by atoms with E-state index in [0.29, 0.717) is 6.04 Å². The van der Waals surface area contributed by atoms with Crippen LogP contribution in [0.15, 0.2) is 24.3 Å². The average Bonchev–Trinajstić information content (AvgIpc) is 2.73. The van der Waals surface area contributed by atoms with Crippen LogP contribution < -0.4 is 0 Å². The zero-order chi connectivity index (χ0) is 12.5. The maximum Gasteiger partial charge on any atom is 0.104 e. The highest BCUT2D eigenvalue weighted by Crippen LogP contribution is 2.34. The van der Waals surface area contributed by atoms with Crippen LogP contribution in [0.2, 0.25) is 0 Å². The van der Waals surface area contributed by atoms with Crippen LogP contribution in [-0.2, 0) is 12.0 Å². The molecule has 0 aliphatic carbocycles. The molecular weight excluding hydrogens is 210 g/mol. The second-order valence-electron chi connectivity index (χ2n) is 5.36. The summed E-state index contributed by atoms with van der Waals surface area (Å²) >= 11 is 0. The molecule has 94 valence electrons. The molecule has 2 nitrogen and oxygen atoms in total. The Balaban J connectivity index is 2.27. The van der Waals surface area contributed by atoms with Crippen LogP contribution in [0.25, 0.3) is 0 Å². The molecule has 0 amide bonds. The zero-order valence-electron chi connectivity index (χ0n) is 11.1. The lowest BCUT2D eigenvalue weighted by molar-refractivity contribution is 0.0416. The first kappa shape index (κ1) is 12.6. The third kappa shape index (κ3) is 2.38. The van der Waals surface area contributed by atoms with Crippen LogP contribution >= 0.6 is 0 Å². The first-order valence-corrected chi connectivity index (χ1v) is 6.61. The van der Waals surface area contributed by atoms with Crippen LogP contribution in [0.3, 0.4) is 0 Å². The van der Waals surface area contributed by atoms with Gasteiger partial charge in [0, 0.05) is 19.1 Å². The van der Waals surface area contributed by atoms with E-state index < -0.39 is 5.60 Å². The van der Waals surface area contributed by atoms with Crippen molar-refractivity contribution in [3.63, 3.8) is 0 Å². The van der Waals surface area contributed by atoms with E-state index in [0.717, 1.165) is 31.5 Å². The molecule has 1 aromatic rings. The van der Waals surface area contributed by atoms with Crippen molar-refractivity contribution in [3.05, 3.63) is 35.4 Å². The fraction of sp³-hybridized carbons (Fsp3) is 0.600. The van der Waals surface area contributed by atoms with Gasteiger partial charge in [0.1, 0.15) is 5.60 Å². The van der Waals surface area contributed by atoms with Crippen molar-refractivity contribution in [2.45, 2.75) is 45.3 Å². The maximum absolute atomic E-state index is 10.9. The fourth-order valence-corrected chi connectivity index (χ4v) is 2.77. The van der Waals surface area contributed by atoms with Crippen LogP contribution in [0.4, 0.5) is 0 Å².